The molecule has 100 valence electrons. The standard InChI is InChI=1S/2C5H11NS2.Mo/c2*1-3-6(4-2)5(7)8;/h2*3-4H2,1-2H3,(H,7,8);/q;;+2/p-2. The van der Waals surface area contributed by atoms with Gasteiger partial charge >= 0.3 is 21.1 Å². The van der Waals surface area contributed by atoms with Crippen molar-refractivity contribution in [2.24, 2.45) is 0 Å². The zero-order chi connectivity index (χ0) is 13.1. The molecule has 2 nitrogen and oxygen atoms in total. The molecule has 0 aromatic rings. The van der Waals surface area contributed by atoms with Gasteiger partial charge in [0, 0.05) is 26.2 Å². The SMILES string of the molecule is CCN(CC)C(=S)[S-].CCN(CC)C(=S)[S-].[Mo+2]. The molecule has 0 aliphatic carbocycles. The summed E-state index contributed by atoms with van der Waals surface area (Å²) in [4.78, 5) is 3.93. The number of hydrogen-bond donors (Lipinski definition) is 0. The molecule has 0 rings (SSSR count). The minimum absolute atomic E-state index is 0. The Morgan fingerprint density at radius 2 is 0.941 bits per heavy atom. The molecule has 17 heavy (non-hydrogen) atoms. The Morgan fingerprint density at radius 3 is 0.941 bits per heavy atom. The summed E-state index contributed by atoms with van der Waals surface area (Å²) in [6.07, 6.45) is 0. The molecular weight excluding hydrogens is 372 g/mol. The van der Waals surface area contributed by atoms with Crippen LogP contribution in [0, 0.1) is 0 Å². The summed E-state index contributed by atoms with van der Waals surface area (Å²) in [5, 5.41) is 0. The second kappa shape index (κ2) is 15.0. The molecule has 0 spiro atoms. The van der Waals surface area contributed by atoms with Gasteiger partial charge in [0.25, 0.3) is 0 Å². The van der Waals surface area contributed by atoms with E-state index in [-0.39, 0.29) is 21.1 Å². The van der Waals surface area contributed by atoms with Crippen molar-refractivity contribution in [3.05, 3.63) is 0 Å². The van der Waals surface area contributed by atoms with Crippen LogP contribution >= 0.6 is 24.4 Å². The van der Waals surface area contributed by atoms with Crippen LogP contribution in [-0.2, 0) is 46.3 Å². The van der Waals surface area contributed by atoms with Crippen molar-refractivity contribution in [2.45, 2.75) is 27.7 Å². The minimum Gasteiger partial charge on any atom is -0.411 e. The van der Waals surface area contributed by atoms with Crippen molar-refractivity contribution in [1.29, 1.82) is 0 Å². The summed E-state index contributed by atoms with van der Waals surface area (Å²) in [5.41, 5.74) is 0. The number of thiocarbonyl (C=S) groups is 2. The van der Waals surface area contributed by atoms with E-state index in [9.17, 15) is 0 Å². The fraction of sp³-hybridized carbons (Fsp3) is 0.800. The molecule has 0 saturated heterocycles. The summed E-state index contributed by atoms with van der Waals surface area (Å²) in [6, 6.07) is 0. The van der Waals surface area contributed by atoms with Gasteiger partial charge in [-0.15, -0.1) is 0 Å². The second-order valence-corrected chi connectivity index (χ2v) is 4.94. The predicted molar refractivity (Wildman–Crippen MR) is 85.8 cm³/mol. The van der Waals surface area contributed by atoms with Gasteiger partial charge in [0.05, 0.1) is 0 Å². The third-order valence-electron chi connectivity index (χ3n) is 2.04. The van der Waals surface area contributed by atoms with E-state index in [0.29, 0.717) is 8.64 Å². The van der Waals surface area contributed by atoms with Crippen LogP contribution in [0.5, 0.6) is 0 Å². The van der Waals surface area contributed by atoms with Crippen LogP contribution < -0.4 is 0 Å². The largest absolute Gasteiger partial charge is 2.00 e. The van der Waals surface area contributed by atoms with Crippen LogP contribution in [0.25, 0.3) is 0 Å². The fourth-order valence-corrected chi connectivity index (χ4v) is 2.00. The molecule has 0 radical (unpaired) electrons. The van der Waals surface area contributed by atoms with Crippen LogP contribution in [0.1, 0.15) is 27.7 Å². The molecule has 0 bridgehead atoms. The van der Waals surface area contributed by atoms with E-state index in [0.717, 1.165) is 26.2 Å². The third-order valence-corrected chi connectivity index (χ3v) is 3.08. The average Bonchev–Trinajstić information content (AvgIpc) is 2.21. The molecule has 0 aliphatic heterocycles. The van der Waals surface area contributed by atoms with E-state index in [2.05, 4.69) is 0 Å². The quantitative estimate of drug-likeness (QED) is 0.409. The zero-order valence-electron chi connectivity index (χ0n) is 10.8. The maximum absolute atomic E-state index is 4.76. The van der Waals surface area contributed by atoms with Crippen LogP contribution in [-0.4, -0.2) is 44.6 Å². The van der Waals surface area contributed by atoms with Crippen LogP contribution in [0.4, 0.5) is 0 Å². The summed E-state index contributed by atoms with van der Waals surface area (Å²) >= 11 is 19.0. The Morgan fingerprint density at radius 1 is 0.765 bits per heavy atom. The van der Waals surface area contributed by atoms with Crippen molar-refractivity contribution in [2.75, 3.05) is 26.2 Å². The average molecular weight is 392 g/mol. The Hall–Kier alpha value is 0.908. The molecule has 0 fully saturated rings. The first-order valence-corrected chi connectivity index (χ1v) is 6.99. The van der Waals surface area contributed by atoms with Gasteiger partial charge in [-0.05, 0) is 27.7 Å². The van der Waals surface area contributed by atoms with Crippen LogP contribution in [0.2, 0.25) is 0 Å². The molecule has 0 N–H and O–H groups in total. The second-order valence-electron chi connectivity index (χ2n) is 2.88. The summed E-state index contributed by atoms with van der Waals surface area (Å²) < 4.78 is 1.16. The zero-order valence-corrected chi connectivity index (χ0v) is 16.0. The van der Waals surface area contributed by atoms with Crippen LogP contribution in [0.15, 0.2) is 0 Å². The molecule has 7 heteroatoms. The van der Waals surface area contributed by atoms with Crippen LogP contribution in [0.3, 0.4) is 0 Å². The molecule has 0 aliphatic rings. The summed E-state index contributed by atoms with van der Waals surface area (Å²) in [7, 11) is 0. The van der Waals surface area contributed by atoms with Gasteiger partial charge in [0.2, 0.25) is 0 Å². The first-order valence-electron chi connectivity index (χ1n) is 5.36. The van der Waals surface area contributed by atoms with Crippen molar-refractivity contribution in [1.82, 2.24) is 9.80 Å². The van der Waals surface area contributed by atoms with Crippen molar-refractivity contribution in [3.63, 3.8) is 0 Å². The van der Waals surface area contributed by atoms with Gasteiger partial charge in [-0.1, -0.05) is 8.64 Å². The van der Waals surface area contributed by atoms with E-state index in [1.807, 2.05) is 37.5 Å². The van der Waals surface area contributed by atoms with Crippen molar-refractivity contribution in [3.8, 4) is 0 Å². The van der Waals surface area contributed by atoms with E-state index < -0.39 is 0 Å². The number of rotatable bonds is 4. The van der Waals surface area contributed by atoms with Gasteiger partial charge in [-0.2, -0.15) is 0 Å². The Kier molecular flexibility index (Phi) is 20.3. The number of hydrogen-bond acceptors (Lipinski definition) is 4. The Balaban J connectivity index is -0.000000218. The van der Waals surface area contributed by atoms with E-state index in [1.54, 1.807) is 0 Å². The van der Waals surface area contributed by atoms with Gasteiger partial charge in [0.1, 0.15) is 0 Å². The molecule has 0 aromatic carbocycles. The third kappa shape index (κ3) is 13.1. The van der Waals surface area contributed by atoms with Crippen molar-refractivity contribution >= 4 is 58.3 Å². The van der Waals surface area contributed by atoms with Gasteiger partial charge < -0.3 is 59.5 Å². The normalized spacial score (nSPS) is 8.24. The molecule has 0 saturated carbocycles. The van der Waals surface area contributed by atoms with Gasteiger partial charge in [-0.3, -0.25) is 0 Å². The van der Waals surface area contributed by atoms with E-state index in [4.69, 9.17) is 49.7 Å². The molecule has 0 amide bonds. The molecular formula is C10H20MoN2S4. The maximum atomic E-state index is 4.76. The van der Waals surface area contributed by atoms with Crippen molar-refractivity contribution < 1.29 is 21.1 Å². The first-order chi connectivity index (χ1) is 7.44. The Labute approximate surface area is 142 Å². The van der Waals surface area contributed by atoms with Gasteiger partial charge in [-0.25, -0.2) is 0 Å². The van der Waals surface area contributed by atoms with E-state index >= 15 is 0 Å². The van der Waals surface area contributed by atoms with Gasteiger partial charge in [0.15, 0.2) is 0 Å². The summed E-state index contributed by atoms with van der Waals surface area (Å²) in [5.74, 6) is 0. The maximum Gasteiger partial charge on any atom is 2.00 e. The molecule has 0 unspecified atom stereocenters. The summed E-state index contributed by atoms with van der Waals surface area (Å²) in [6.45, 7) is 11.9. The Bertz CT molecular complexity index is 184. The predicted octanol–water partition coefficient (Wildman–Crippen LogP) is 2.32. The monoisotopic (exact) mass is 394 g/mol. The fourth-order valence-electron chi connectivity index (χ4n) is 0.964. The molecule has 0 aromatic heterocycles. The topological polar surface area (TPSA) is 6.48 Å². The first kappa shape index (κ1) is 23.0. The number of nitrogens with zero attached hydrogens (tertiary/aromatic N) is 2. The molecule has 0 atom stereocenters. The minimum atomic E-state index is 0. The van der Waals surface area contributed by atoms with E-state index in [1.165, 1.54) is 0 Å². The molecule has 0 heterocycles. The smallest absolute Gasteiger partial charge is 0.411 e.